The van der Waals surface area contributed by atoms with Gasteiger partial charge in [0.15, 0.2) is 7.98 Å². The minimum atomic E-state index is 0.514. The molecular weight excluding hydrogens is 84.9 g/mol. The van der Waals surface area contributed by atoms with E-state index in [1.165, 1.54) is 0 Å². The second kappa shape index (κ2) is 2.17. The Morgan fingerprint density at radius 3 is 2.29 bits per heavy atom. The highest BCUT2D eigenvalue weighted by Crippen LogP contribution is 2.07. The van der Waals surface area contributed by atoms with Gasteiger partial charge >= 0.3 is 0 Å². The molecule has 1 N–H and O–H groups in total. The Bertz CT molecular complexity index is 72.1. The highest BCUT2D eigenvalue weighted by Gasteiger charge is 2.03. The van der Waals surface area contributed by atoms with Crippen LogP contribution in [0.1, 0.15) is 12.8 Å². The molecule has 0 saturated carbocycles. The standard InChI is InChI=1S/C5H8BN/c6-7-5-3-1-2-4-5/h1-2,5,7H,3-4H2. The zero-order valence-corrected chi connectivity index (χ0v) is 4.22. The van der Waals surface area contributed by atoms with Crippen molar-refractivity contribution >= 4 is 7.98 Å². The lowest BCUT2D eigenvalue weighted by Gasteiger charge is -2.04. The van der Waals surface area contributed by atoms with E-state index in [2.05, 4.69) is 17.4 Å². The summed E-state index contributed by atoms with van der Waals surface area (Å²) < 4.78 is 0. The third kappa shape index (κ3) is 1.06. The third-order valence-corrected chi connectivity index (χ3v) is 1.24. The summed E-state index contributed by atoms with van der Waals surface area (Å²) in [5.74, 6) is 0. The third-order valence-electron chi connectivity index (χ3n) is 1.24. The summed E-state index contributed by atoms with van der Waals surface area (Å²) in [6.45, 7) is 0. The van der Waals surface area contributed by atoms with Gasteiger partial charge in [0.1, 0.15) is 0 Å². The van der Waals surface area contributed by atoms with E-state index < -0.39 is 0 Å². The van der Waals surface area contributed by atoms with Crippen molar-refractivity contribution in [2.45, 2.75) is 18.9 Å². The van der Waals surface area contributed by atoms with Crippen LogP contribution in [0.5, 0.6) is 0 Å². The van der Waals surface area contributed by atoms with Crippen LogP contribution < -0.4 is 5.23 Å². The largest absolute Gasteiger partial charge is 0.363 e. The molecule has 1 rings (SSSR count). The number of hydrogen-bond acceptors (Lipinski definition) is 1. The fourth-order valence-electron chi connectivity index (χ4n) is 0.753. The van der Waals surface area contributed by atoms with Crippen LogP contribution in [0.25, 0.3) is 0 Å². The van der Waals surface area contributed by atoms with E-state index in [0.29, 0.717) is 6.04 Å². The van der Waals surface area contributed by atoms with E-state index in [1.807, 2.05) is 0 Å². The molecule has 0 aromatic heterocycles. The van der Waals surface area contributed by atoms with Crippen molar-refractivity contribution in [2.75, 3.05) is 0 Å². The Morgan fingerprint density at radius 2 is 2.00 bits per heavy atom. The quantitative estimate of drug-likeness (QED) is 0.365. The average Bonchev–Trinajstić information content (AvgIpc) is 2.14. The van der Waals surface area contributed by atoms with Crippen molar-refractivity contribution < 1.29 is 0 Å². The zero-order valence-electron chi connectivity index (χ0n) is 4.22. The number of nitrogens with one attached hydrogen (secondary N) is 1. The fourth-order valence-corrected chi connectivity index (χ4v) is 0.753. The molecule has 0 atom stereocenters. The van der Waals surface area contributed by atoms with Crippen LogP contribution in [-0.2, 0) is 0 Å². The van der Waals surface area contributed by atoms with Gasteiger partial charge in [-0.25, -0.2) is 0 Å². The van der Waals surface area contributed by atoms with Gasteiger partial charge in [0.05, 0.1) is 0 Å². The molecule has 0 aromatic rings. The molecule has 0 saturated heterocycles. The van der Waals surface area contributed by atoms with Gasteiger partial charge in [-0.15, -0.1) is 0 Å². The smallest absolute Gasteiger partial charge is 0.178 e. The molecule has 0 aromatic carbocycles. The highest BCUT2D eigenvalue weighted by atomic mass is 14.8. The Morgan fingerprint density at radius 1 is 1.43 bits per heavy atom. The van der Waals surface area contributed by atoms with Crippen molar-refractivity contribution in [1.29, 1.82) is 0 Å². The van der Waals surface area contributed by atoms with Crippen LogP contribution >= 0.6 is 0 Å². The van der Waals surface area contributed by atoms with Crippen molar-refractivity contribution in [2.24, 2.45) is 0 Å². The van der Waals surface area contributed by atoms with Crippen LogP contribution in [0.2, 0.25) is 0 Å². The van der Waals surface area contributed by atoms with Gasteiger partial charge in [0.2, 0.25) is 0 Å². The molecule has 0 heterocycles. The van der Waals surface area contributed by atoms with E-state index in [1.54, 1.807) is 0 Å². The first-order chi connectivity index (χ1) is 3.43. The minimum Gasteiger partial charge on any atom is -0.363 e. The molecule has 36 valence electrons. The molecule has 0 bridgehead atoms. The van der Waals surface area contributed by atoms with Crippen molar-refractivity contribution in [1.82, 2.24) is 5.23 Å². The topological polar surface area (TPSA) is 12.0 Å². The molecule has 0 amide bonds. The second-order valence-corrected chi connectivity index (χ2v) is 1.81. The van der Waals surface area contributed by atoms with Gasteiger partial charge in [0, 0.05) is 6.04 Å². The molecule has 2 radical (unpaired) electrons. The molecule has 0 fully saturated rings. The van der Waals surface area contributed by atoms with E-state index in [-0.39, 0.29) is 0 Å². The molecule has 7 heavy (non-hydrogen) atoms. The Kier molecular flexibility index (Phi) is 1.52. The van der Waals surface area contributed by atoms with Gasteiger partial charge < -0.3 is 5.23 Å². The van der Waals surface area contributed by atoms with Gasteiger partial charge in [-0.1, -0.05) is 12.2 Å². The normalized spacial score (nSPS) is 21.1. The van der Waals surface area contributed by atoms with Crippen molar-refractivity contribution in [3.63, 3.8) is 0 Å². The van der Waals surface area contributed by atoms with Crippen LogP contribution in [0.15, 0.2) is 12.2 Å². The number of rotatable bonds is 1. The maximum atomic E-state index is 5.14. The molecule has 1 aliphatic carbocycles. The molecule has 1 aliphatic rings. The number of hydrogen-bond donors (Lipinski definition) is 1. The van der Waals surface area contributed by atoms with Crippen LogP contribution in [0.3, 0.4) is 0 Å². The highest BCUT2D eigenvalue weighted by molar-refractivity contribution is 6.04. The first-order valence-electron chi connectivity index (χ1n) is 2.54. The molecular formula is C5H8BN. The van der Waals surface area contributed by atoms with Gasteiger partial charge in [-0.2, -0.15) is 0 Å². The van der Waals surface area contributed by atoms with Gasteiger partial charge in [-0.3, -0.25) is 0 Å². The maximum Gasteiger partial charge on any atom is 0.178 e. The van der Waals surface area contributed by atoms with E-state index in [9.17, 15) is 0 Å². The van der Waals surface area contributed by atoms with Crippen molar-refractivity contribution in [3.8, 4) is 0 Å². The summed E-state index contributed by atoms with van der Waals surface area (Å²) in [5, 5.41) is 2.70. The van der Waals surface area contributed by atoms with Crippen LogP contribution in [-0.4, -0.2) is 14.0 Å². The fraction of sp³-hybridized carbons (Fsp3) is 0.600. The maximum absolute atomic E-state index is 5.14. The molecule has 1 nitrogen and oxygen atoms in total. The molecule has 0 spiro atoms. The lowest BCUT2D eigenvalue weighted by molar-refractivity contribution is 0.674. The first kappa shape index (κ1) is 4.91. The summed E-state index contributed by atoms with van der Waals surface area (Å²) in [6, 6.07) is 0.514. The summed E-state index contributed by atoms with van der Waals surface area (Å²) >= 11 is 0. The van der Waals surface area contributed by atoms with Crippen LogP contribution in [0.4, 0.5) is 0 Å². The van der Waals surface area contributed by atoms with Gasteiger partial charge in [0.25, 0.3) is 0 Å². The lowest BCUT2D eigenvalue weighted by Crippen LogP contribution is -2.22. The summed E-state index contributed by atoms with van der Waals surface area (Å²) in [4.78, 5) is 0. The Balaban J connectivity index is 2.22. The summed E-state index contributed by atoms with van der Waals surface area (Å²) in [5.41, 5.74) is 0. The average molecular weight is 92.9 g/mol. The lowest BCUT2D eigenvalue weighted by atomic mass is 10.2. The van der Waals surface area contributed by atoms with E-state index in [4.69, 9.17) is 7.98 Å². The monoisotopic (exact) mass is 93.1 g/mol. The predicted octanol–water partition coefficient (Wildman–Crippen LogP) is 0.378. The Labute approximate surface area is 45.2 Å². The Hall–Kier alpha value is -0.235. The first-order valence-corrected chi connectivity index (χ1v) is 2.54. The summed E-state index contributed by atoms with van der Waals surface area (Å²) in [6.07, 6.45) is 6.47. The SMILES string of the molecule is [B]NC1CC=CC1. The second-order valence-electron chi connectivity index (χ2n) is 1.81. The van der Waals surface area contributed by atoms with E-state index >= 15 is 0 Å². The summed E-state index contributed by atoms with van der Waals surface area (Å²) in [7, 11) is 5.14. The predicted molar refractivity (Wildman–Crippen MR) is 31.1 cm³/mol. The minimum absolute atomic E-state index is 0.514. The van der Waals surface area contributed by atoms with Gasteiger partial charge in [-0.05, 0) is 12.8 Å². The molecule has 0 aliphatic heterocycles. The van der Waals surface area contributed by atoms with Crippen molar-refractivity contribution in [3.05, 3.63) is 12.2 Å². The van der Waals surface area contributed by atoms with Crippen LogP contribution in [0, 0.1) is 0 Å². The molecule has 2 heteroatoms. The van der Waals surface area contributed by atoms with E-state index in [0.717, 1.165) is 12.8 Å². The zero-order chi connectivity index (χ0) is 5.11. The molecule has 0 unspecified atom stereocenters.